The van der Waals surface area contributed by atoms with Gasteiger partial charge in [0.05, 0.1) is 4.92 Å². The molecule has 0 fully saturated rings. The standard InChI is InChI=1S/C8H11N5O3/c9-8(14)12-4-3-11-6-1-2-10-5-7(6)13(15)16/h1-2,5H,3-4H2,(H,10,11)(H3,9,12,14). The lowest BCUT2D eigenvalue weighted by Crippen LogP contribution is -2.33. The smallest absolute Gasteiger partial charge is 0.312 e. The number of primary amides is 1. The Kier molecular flexibility index (Phi) is 4.01. The van der Waals surface area contributed by atoms with Crippen LogP contribution < -0.4 is 16.4 Å². The van der Waals surface area contributed by atoms with Crippen LogP contribution in [0.15, 0.2) is 18.5 Å². The van der Waals surface area contributed by atoms with Gasteiger partial charge in [0, 0.05) is 19.3 Å². The van der Waals surface area contributed by atoms with Crippen LogP contribution in [0.3, 0.4) is 0 Å². The Bertz CT molecular complexity index is 395. The number of hydrogen-bond donors (Lipinski definition) is 3. The predicted octanol–water partition coefficient (Wildman–Crippen LogP) is 0.0700. The summed E-state index contributed by atoms with van der Waals surface area (Å²) in [4.78, 5) is 24.1. The van der Waals surface area contributed by atoms with Crippen molar-refractivity contribution in [2.45, 2.75) is 0 Å². The molecule has 1 rings (SSSR count). The van der Waals surface area contributed by atoms with Crippen LogP contribution in [0.25, 0.3) is 0 Å². The molecule has 0 radical (unpaired) electrons. The molecule has 1 aromatic heterocycles. The molecule has 0 aliphatic heterocycles. The summed E-state index contributed by atoms with van der Waals surface area (Å²) in [5.41, 5.74) is 5.10. The fourth-order valence-electron chi connectivity index (χ4n) is 1.06. The first-order valence-electron chi connectivity index (χ1n) is 4.47. The Labute approximate surface area is 91.0 Å². The van der Waals surface area contributed by atoms with Crippen LogP contribution in [0.4, 0.5) is 16.2 Å². The van der Waals surface area contributed by atoms with Gasteiger partial charge in [-0.25, -0.2) is 4.79 Å². The van der Waals surface area contributed by atoms with Gasteiger partial charge in [-0.3, -0.25) is 15.1 Å². The van der Waals surface area contributed by atoms with Crippen LogP contribution in [-0.4, -0.2) is 29.0 Å². The van der Waals surface area contributed by atoms with Crippen LogP contribution in [0, 0.1) is 10.1 Å². The van der Waals surface area contributed by atoms with E-state index in [1.165, 1.54) is 12.3 Å². The lowest BCUT2D eigenvalue weighted by Gasteiger charge is -2.06. The van der Waals surface area contributed by atoms with E-state index >= 15 is 0 Å². The maximum absolute atomic E-state index is 10.6. The Morgan fingerprint density at radius 3 is 2.94 bits per heavy atom. The Hall–Kier alpha value is -2.38. The summed E-state index contributed by atoms with van der Waals surface area (Å²) in [7, 11) is 0. The predicted molar refractivity (Wildman–Crippen MR) is 57.0 cm³/mol. The van der Waals surface area contributed by atoms with Gasteiger partial charge in [0.15, 0.2) is 0 Å². The van der Waals surface area contributed by atoms with Crippen molar-refractivity contribution in [3.63, 3.8) is 0 Å². The lowest BCUT2D eigenvalue weighted by atomic mass is 10.3. The van der Waals surface area contributed by atoms with Gasteiger partial charge in [-0.1, -0.05) is 0 Å². The van der Waals surface area contributed by atoms with Crippen molar-refractivity contribution in [2.24, 2.45) is 5.73 Å². The third-order valence-electron chi connectivity index (χ3n) is 1.74. The van der Waals surface area contributed by atoms with Crippen LogP contribution in [0.2, 0.25) is 0 Å². The van der Waals surface area contributed by atoms with Gasteiger partial charge < -0.3 is 16.4 Å². The number of nitro groups is 1. The first-order chi connectivity index (χ1) is 7.61. The monoisotopic (exact) mass is 225 g/mol. The number of nitrogens with two attached hydrogens (primary N) is 1. The Morgan fingerprint density at radius 2 is 2.31 bits per heavy atom. The molecule has 8 heteroatoms. The highest BCUT2D eigenvalue weighted by molar-refractivity contribution is 5.71. The summed E-state index contributed by atoms with van der Waals surface area (Å²) in [6.45, 7) is 0.628. The summed E-state index contributed by atoms with van der Waals surface area (Å²) < 4.78 is 0. The molecule has 0 atom stereocenters. The fourth-order valence-corrected chi connectivity index (χ4v) is 1.06. The first kappa shape index (κ1) is 11.7. The fraction of sp³-hybridized carbons (Fsp3) is 0.250. The summed E-state index contributed by atoms with van der Waals surface area (Å²) in [5, 5.41) is 15.8. The van der Waals surface area contributed by atoms with Gasteiger partial charge in [0.25, 0.3) is 0 Å². The zero-order chi connectivity index (χ0) is 12.0. The molecule has 0 saturated heterocycles. The zero-order valence-electron chi connectivity index (χ0n) is 8.34. The van der Waals surface area contributed by atoms with Crippen molar-refractivity contribution in [1.29, 1.82) is 0 Å². The normalized spacial score (nSPS) is 9.50. The van der Waals surface area contributed by atoms with Crippen molar-refractivity contribution >= 4 is 17.4 Å². The highest BCUT2D eigenvalue weighted by Crippen LogP contribution is 2.21. The number of anilines is 1. The molecular weight excluding hydrogens is 214 g/mol. The molecule has 0 aliphatic carbocycles. The molecule has 0 aromatic carbocycles. The molecule has 1 heterocycles. The summed E-state index contributed by atoms with van der Waals surface area (Å²) in [5.74, 6) is 0. The molecule has 8 nitrogen and oxygen atoms in total. The number of rotatable bonds is 5. The number of carbonyl (C=O) groups excluding carboxylic acids is 1. The Morgan fingerprint density at radius 1 is 1.56 bits per heavy atom. The van der Waals surface area contributed by atoms with E-state index < -0.39 is 11.0 Å². The number of nitrogens with one attached hydrogen (secondary N) is 2. The summed E-state index contributed by atoms with van der Waals surface area (Å²) in [6, 6.07) is 0.855. The van der Waals surface area contributed by atoms with E-state index in [-0.39, 0.29) is 12.2 Å². The van der Waals surface area contributed by atoms with E-state index in [9.17, 15) is 14.9 Å². The molecule has 0 spiro atoms. The molecule has 2 amide bonds. The third-order valence-corrected chi connectivity index (χ3v) is 1.74. The van der Waals surface area contributed by atoms with Crippen molar-refractivity contribution in [2.75, 3.05) is 18.4 Å². The maximum atomic E-state index is 10.6. The molecule has 0 bridgehead atoms. The number of urea groups is 1. The topological polar surface area (TPSA) is 123 Å². The number of pyridine rings is 1. The number of hydrogen-bond acceptors (Lipinski definition) is 5. The second kappa shape index (κ2) is 5.49. The van der Waals surface area contributed by atoms with Crippen LogP contribution >= 0.6 is 0 Å². The molecular formula is C8H11N5O3. The highest BCUT2D eigenvalue weighted by Gasteiger charge is 2.12. The van der Waals surface area contributed by atoms with Gasteiger partial charge in [-0.2, -0.15) is 0 Å². The quantitative estimate of drug-likeness (QED) is 0.371. The molecule has 16 heavy (non-hydrogen) atoms. The average Bonchev–Trinajstić information content (AvgIpc) is 2.24. The molecule has 0 aliphatic rings. The van der Waals surface area contributed by atoms with E-state index in [1.54, 1.807) is 0 Å². The lowest BCUT2D eigenvalue weighted by molar-refractivity contribution is -0.384. The SMILES string of the molecule is NC(=O)NCCNc1ccncc1[N+](=O)[O-]. The van der Waals surface area contributed by atoms with Gasteiger partial charge >= 0.3 is 11.7 Å². The van der Waals surface area contributed by atoms with E-state index in [0.717, 1.165) is 6.20 Å². The van der Waals surface area contributed by atoms with Gasteiger partial charge in [-0.15, -0.1) is 0 Å². The van der Waals surface area contributed by atoms with E-state index in [4.69, 9.17) is 5.73 Å². The van der Waals surface area contributed by atoms with Gasteiger partial charge in [-0.05, 0) is 6.07 Å². The number of nitrogens with zero attached hydrogens (tertiary/aromatic N) is 2. The number of amides is 2. The van der Waals surface area contributed by atoms with E-state index in [0.29, 0.717) is 12.2 Å². The second-order valence-corrected chi connectivity index (χ2v) is 2.87. The third kappa shape index (κ3) is 3.40. The maximum Gasteiger partial charge on any atom is 0.312 e. The van der Waals surface area contributed by atoms with E-state index in [1.807, 2.05) is 0 Å². The summed E-state index contributed by atoms with van der Waals surface area (Å²) >= 11 is 0. The second-order valence-electron chi connectivity index (χ2n) is 2.87. The molecule has 0 unspecified atom stereocenters. The zero-order valence-corrected chi connectivity index (χ0v) is 8.34. The van der Waals surface area contributed by atoms with Gasteiger partial charge in [0.2, 0.25) is 0 Å². The largest absolute Gasteiger partial charge is 0.378 e. The van der Waals surface area contributed by atoms with E-state index in [2.05, 4.69) is 15.6 Å². The van der Waals surface area contributed by atoms with Crippen LogP contribution in [0.1, 0.15) is 0 Å². The average molecular weight is 225 g/mol. The molecule has 1 aromatic rings. The Balaban J connectivity index is 2.53. The molecule has 86 valence electrons. The van der Waals surface area contributed by atoms with Crippen molar-refractivity contribution < 1.29 is 9.72 Å². The van der Waals surface area contributed by atoms with Gasteiger partial charge in [0.1, 0.15) is 11.9 Å². The minimum atomic E-state index is -0.633. The summed E-state index contributed by atoms with van der Waals surface area (Å²) in [6.07, 6.45) is 2.60. The minimum Gasteiger partial charge on any atom is -0.378 e. The van der Waals surface area contributed by atoms with Crippen LogP contribution in [-0.2, 0) is 0 Å². The molecule has 0 saturated carbocycles. The van der Waals surface area contributed by atoms with Crippen molar-refractivity contribution in [1.82, 2.24) is 10.3 Å². The minimum absolute atomic E-state index is 0.110. The number of aromatic nitrogens is 1. The molecule has 4 N–H and O–H groups in total. The highest BCUT2D eigenvalue weighted by atomic mass is 16.6. The van der Waals surface area contributed by atoms with Crippen molar-refractivity contribution in [3.05, 3.63) is 28.6 Å². The van der Waals surface area contributed by atoms with Crippen molar-refractivity contribution in [3.8, 4) is 0 Å². The first-order valence-corrected chi connectivity index (χ1v) is 4.47. The van der Waals surface area contributed by atoms with Crippen LogP contribution in [0.5, 0.6) is 0 Å². The number of carbonyl (C=O) groups is 1.